The van der Waals surface area contributed by atoms with Gasteiger partial charge in [0.05, 0.1) is 18.0 Å². The highest BCUT2D eigenvalue weighted by molar-refractivity contribution is 5.85. The van der Waals surface area contributed by atoms with Crippen LogP contribution in [0.1, 0.15) is 37.7 Å². The van der Waals surface area contributed by atoms with Gasteiger partial charge in [-0.1, -0.05) is 31.0 Å². The highest BCUT2D eigenvalue weighted by Crippen LogP contribution is 2.23. The Hall–Kier alpha value is -2.65. The van der Waals surface area contributed by atoms with E-state index in [9.17, 15) is 32.9 Å². The van der Waals surface area contributed by atoms with Crippen LogP contribution in [0.15, 0.2) is 24.3 Å². The fourth-order valence-corrected chi connectivity index (χ4v) is 3.12. The molecule has 2 rings (SSSR count). The SMILES string of the molecule is O=C1CCCCCCN1CC(=O)N(Cc1ccccc1[N+](=O)[O-])CC(F)(F)F. The average Bonchev–Trinajstić information content (AvgIpc) is 2.60. The molecule has 0 aliphatic carbocycles. The summed E-state index contributed by atoms with van der Waals surface area (Å²) in [6, 6.07) is 5.35. The summed E-state index contributed by atoms with van der Waals surface area (Å²) in [5, 5.41) is 11.1. The van der Waals surface area contributed by atoms with Gasteiger partial charge in [-0.15, -0.1) is 0 Å². The van der Waals surface area contributed by atoms with E-state index < -0.39 is 36.6 Å². The number of likely N-dealkylation sites (tertiary alicyclic amines) is 1. The third-order valence-corrected chi connectivity index (χ3v) is 4.52. The van der Waals surface area contributed by atoms with E-state index in [0.717, 1.165) is 12.8 Å². The molecule has 0 atom stereocenters. The maximum atomic E-state index is 13.0. The maximum Gasteiger partial charge on any atom is 0.406 e. The molecule has 10 heteroatoms. The van der Waals surface area contributed by atoms with Crippen LogP contribution in [0.5, 0.6) is 0 Å². The van der Waals surface area contributed by atoms with E-state index in [4.69, 9.17) is 0 Å². The summed E-state index contributed by atoms with van der Waals surface area (Å²) in [5.74, 6) is -1.14. The van der Waals surface area contributed by atoms with Crippen LogP contribution in [-0.4, -0.2) is 52.3 Å². The second-order valence-electron chi connectivity index (χ2n) is 6.73. The number of halogens is 3. The Balaban J connectivity index is 2.19. The number of nitro benzene ring substituents is 1. The molecule has 0 N–H and O–H groups in total. The van der Waals surface area contributed by atoms with E-state index in [0.29, 0.717) is 24.3 Å². The quantitative estimate of drug-likeness (QED) is 0.541. The summed E-state index contributed by atoms with van der Waals surface area (Å²) in [5.41, 5.74) is -0.353. The lowest BCUT2D eigenvalue weighted by Gasteiger charge is -2.29. The van der Waals surface area contributed by atoms with Crippen LogP contribution in [0.25, 0.3) is 0 Å². The van der Waals surface area contributed by atoms with Crippen molar-refractivity contribution in [2.75, 3.05) is 19.6 Å². The maximum absolute atomic E-state index is 13.0. The Morgan fingerprint density at radius 2 is 1.86 bits per heavy atom. The van der Waals surface area contributed by atoms with Gasteiger partial charge in [-0.05, 0) is 12.8 Å². The van der Waals surface area contributed by atoms with Gasteiger partial charge < -0.3 is 9.80 Å². The molecule has 1 fully saturated rings. The zero-order valence-electron chi connectivity index (χ0n) is 15.3. The van der Waals surface area contributed by atoms with Crippen molar-refractivity contribution in [3.8, 4) is 0 Å². The second kappa shape index (κ2) is 9.52. The fourth-order valence-electron chi connectivity index (χ4n) is 3.12. The first-order valence-electron chi connectivity index (χ1n) is 9.02. The molecule has 0 radical (unpaired) electrons. The minimum atomic E-state index is -4.67. The minimum absolute atomic E-state index is 0.00379. The second-order valence-corrected chi connectivity index (χ2v) is 6.73. The Bertz CT molecular complexity index is 724. The van der Waals surface area contributed by atoms with Crippen LogP contribution in [-0.2, 0) is 16.1 Å². The van der Waals surface area contributed by atoms with Crippen molar-refractivity contribution in [3.05, 3.63) is 39.9 Å². The predicted octanol–water partition coefficient (Wildman–Crippen LogP) is 3.28. The zero-order valence-corrected chi connectivity index (χ0v) is 15.3. The van der Waals surface area contributed by atoms with Gasteiger partial charge in [0.25, 0.3) is 5.69 Å². The van der Waals surface area contributed by atoms with Gasteiger partial charge in [-0.25, -0.2) is 0 Å². The van der Waals surface area contributed by atoms with E-state index in [-0.39, 0.29) is 23.6 Å². The average molecular weight is 401 g/mol. The number of carbonyl (C=O) groups excluding carboxylic acids is 2. The molecule has 154 valence electrons. The molecule has 28 heavy (non-hydrogen) atoms. The van der Waals surface area contributed by atoms with Gasteiger partial charge in [0.2, 0.25) is 11.8 Å². The number of nitro groups is 1. The molecule has 0 bridgehead atoms. The zero-order chi connectivity index (χ0) is 20.7. The van der Waals surface area contributed by atoms with Crippen molar-refractivity contribution < 1.29 is 27.7 Å². The molecule has 1 aliphatic heterocycles. The summed E-state index contributed by atoms with van der Waals surface area (Å²) in [4.78, 5) is 37.0. The molecular weight excluding hydrogens is 379 g/mol. The van der Waals surface area contributed by atoms with E-state index in [1.165, 1.54) is 29.2 Å². The van der Waals surface area contributed by atoms with Crippen LogP contribution >= 0.6 is 0 Å². The molecule has 1 heterocycles. The van der Waals surface area contributed by atoms with E-state index in [1.54, 1.807) is 0 Å². The van der Waals surface area contributed by atoms with Crippen LogP contribution < -0.4 is 0 Å². The number of para-hydroxylation sites is 1. The van der Waals surface area contributed by atoms with Crippen LogP contribution in [0.3, 0.4) is 0 Å². The normalized spacial score (nSPS) is 15.7. The van der Waals surface area contributed by atoms with Gasteiger partial charge >= 0.3 is 6.18 Å². The van der Waals surface area contributed by atoms with Crippen molar-refractivity contribution in [1.82, 2.24) is 9.80 Å². The first-order chi connectivity index (χ1) is 13.2. The number of carbonyl (C=O) groups is 2. The van der Waals surface area contributed by atoms with Crippen molar-refractivity contribution in [2.24, 2.45) is 0 Å². The standard InChI is InChI=1S/C18H22F3N3O4/c19-18(20,21)13-23(11-14-7-4-5-8-15(14)24(27)28)17(26)12-22-10-6-2-1-3-9-16(22)25/h4-5,7-8H,1-3,6,9-13H2. The van der Waals surface area contributed by atoms with Crippen molar-refractivity contribution >= 4 is 17.5 Å². The lowest BCUT2D eigenvalue weighted by atomic mass is 10.1. The molecule has 1 aliphatic rings. The van der Waals surface area contributed by atoms with Crippen molar-refractivity contribution in [1.29, 1.82) is 0 Å². The predicted molar refractivity (Wildman–Crippen MR) is 94.2 cm³/mol. The Morgan fingerprint density at radius 1 is 1.18 bits per heavy atom. The van der Waals surface area contributed by atoms with Gasteiger partial charge in [0, 0.05) is 24.6 Å². The van der Waals surface area contributed by atoms with Crippen LogP contribution in [0, 0.1) is 10.1 Å². The lowest BCUT2D eigenvalue weighted by molar-refractivity contribution is -0.385. The number of rotatable bonds is 6. The number of amides is 2. The molecule has 1 aromatic carbocycles. The fraction of sp³-hybridized carbons (Fsp3) is 0.556. The first-order valence-corrected chi connectivity index (χ1v) is 9.02. The molecule has 7 nitrogen and oxygen atoms in total. The Morgan fingerprint density at radius 3 is 2.54 bits per heavy atom. The summed E-state index contributed by atoms with van der Waals surface area (Å²) < 4.78 is 39.0. The largest absolute Gasteiger partial charge is 0.406 e. The summed E-state index contributed by atoms with van der Waals surface area (Å²) in [7, 11) is 0. The Kier molecular flexibility index (Phi) is 7.36. The first kappa shape index (κ1) is 21.6. The molecule has 2 amide bonds. The van der Waals surface area contributed by atoms with Gasteiger partial charge in [-0.2, -0.15) is 13.2 Å². The molecular formula is C18H22F3N3O4. The van der Waals surface area contributed by atoms with Gasteiger partial charge in [0.1, 0.15) is 6.54 Å². The molecule has 1 aromatic rings. The molecule has 0 saturated carbocycles. The van der Waals surface area contributed by atoms with E-state index >= 15 is 0 Å². The Labute approximate surface area is 160 Å². The summed E-state index contributed by atoms with van der Waals surface area (Å²) in [6.07, 6.45) is -1.24. The number of benzene rings is 1. The van der Waals surface area contributed by atoms with Crippen LogP contribution in [0.2, 0.25) is 0 Å². The summed E-state index contributed by atoms with van der Waals surface area (Å²) in [6.45, 7) is -2.25. The number of hydrogen-bond donors (Lipinski definition) is 0. The van der Waals surface area contributed by atoms with Crippen molar-refractivity contribution in [3.63, 3.8) is 0 Å². The van der Waals surface area contributed by atoms with Gasteiger partial charge in [-0.3, -0.25) is 19.7 Å². The third-order valence-electron chi connectivity index (χ3n) is 4.52. The molecule has 0 spiro atoms. The molecule has 0 aromatic heterocycles. The van der Waals surface area contributed by atoms with E-state index in [1.807, 2.05) is 0 Å². The van der Waals surface area contributed by atoms with Crippen LogP contribution in [0.4, 0.5) is 18.9 Å². The number of alkyl halides is 3. The molecule has 1 saturated heterocycles. The highest BCUT2D eigenvalue weighted by Gasteiger charge is 2.34. The van der Waals surface area contributed by atoms with Gasteiger partial charge in [0.15, 0.2) is 0 Å². The minimum Gasteiger partial charge on any atom is -0.333 e. The third kappa shape index (κ3) is 6.50. The van der Waals surface area contributed by atoms with E-state index in [2.05, 4.69) is 0 Å². The highest BCUT2D eigenvalue weighted by atomic mass is 19.4. The lowest BCUT2D eigenvalue weighted by Crippen LogP contribution is -2.46. The topological polar surface area (TPSA) is 83.8 Å². The monoisotopic (exact) mass is 401 g/mol. The number of nitrogens with zero attached hydrogens (tertiary/aromatic N) is 3. The number of hydrogen-bond acceptors (Lipinski definition) is 4. The van der Waals surface area contributed by atoms with Crippen molar-refractivity contribution in [2.45, 2.75) is 44.8 Å². The molecule has 0 unspecified atom stereocenters. The smallest absolute Gasteiger partial charge is 0.333 e. The summed E-state index contributed by atoms with van der Waals surface area (Å²) >= 11 is 0.